The van der Waals surface area contributed by atoms with E-state index in [9.17, 15) is 0 Å². The number of fused-ring (bicyclic) bond motifs is 2. The molecule has 6 heteroatoms. The number of aliphatic imine (C=N–C) groups is 1. The molecule has 25 heavy (non-hydrogen) atoms. The van der Waals surface area contributed by atoms with Gasteiger partial charge in [-0.3, -0.25) is 9.89 Å². The number of ether oxygens (including phenoxy) is 1. The highest BCUT2D eigenvalue weighted by Gasteiger charge is 2.22. The molecule has 0 amide bonds. The summed E-state index contributed by atoms with van der Waals surface area (Å²) in [6.07, 6.45) is 1.87. The number of halogens is 1. The molecule has 1 saturated heterocycles. The first-order valence-corrected chi connectivity index (χ1v) is 8.85. The number of piperazine rings is 1. The lowest BCUT2D eigenvalue weighted by molar-refractivity contribution is 0.189. The Morgan fingerprint density at radius 1 is 1.08 bits per heavy atom. The number of β-amino-alcohol motifs (C(OH)–C–C–N with tert-alkyl or cyclic N) is 1. The van der Waals surface area contributed by atoms with Gasteiger partial charge in [0.25, 0.3) is 0 Å². The number of aliphatic hydroxyl groups is 1. The fourth-order valence-corrected chi connectivity index (χ4v) is 3.48. The maximum absolute atomic E-state index is 9.10. The van der Waals surface area contributed by atoms with Crippen LogP contribution in [0, 0.1) is 0 Å². The Hall–Kier alpha value is -2.08. The van der Waals surface area contributed by atoms with Crippen molar-refractivity contribution < 1.29 is 9.84 Å². The summed E-state index contributed by atoms with van der Waals surface area (Å²) in [6.45, 7) is 4.67. The molecule has 1 fully saturated rings. The van der Waals surface area contributed by atoms with Gasteiger partial charge in [-0.15, -0.1) is 0 Å². The molecule has 0 aromatic heterocycles. The third-order valence-corrected chi connectivity index (χ3v) is 4.88. The summed E-state index contributed by atoms with van der Waals surface area (Å²) >= 11 is 6.07. The van der Waals surface area contributed by atoms with Crippen LogP contribution in [0.2, 0.25) is 5.02 Å². The fraction of sp³-hybridized carbons (Fsp3) is 0.316. The van der Waals surface area contributed by atoms with Gasteiger partial charge < -0.3 is 14.7 Å². The predicted octanol–water partition coefficient (Wildman–Crippen LogP) is 3.31. The first kappa shape index (κ1) is 16.4. The summed E-state index contributed by atoms with van der Waals surface area (Å²) in [5.74, 6) is 1.52. The van der Waals surface area contributed by atoms with Crippen LogP contribution in [0.3, 0.4) is 0 Å². The van der Waals surface area contributed by atoms with Crippen LogP contribution in [0.25, 0.3) is 0 Å². The maximum Gasteiger partial charge on any atom is 0.153 e. The molecule has 2 aliphatic heterocycles. The second kappa shape index (κ2) is 7.04. The summed E-state index contributed by atoms with van der Waals surface area (Å²) in [7, 11) is 0. The van der Waals surface area contributed by atoms with E-state index in [4.69, 9.17) is 21.4 Å². The van der Waals surface area contributed by atoms with Crippen molar-refractivity contribution in [2.45, 2.75) is 0 Å². The third kappa shape index (κ3) is 3.35. The molecule has 0 unspecified atom stereocenters. The van der Waals surface area contributed by atoms with Gasteiger partial charge in [0.15, 0.2) is 5.75 Å². The SMILES string of the molecule is OCCN1CCN(c2cccc3c2C=Nc2cc(Cl)ccc2O3)CC1. The number of hydrogen-bond acceptors (Lipinski definition) is 5. The highest BCUT2D eigenvalue weighted by Crippen LogP contribution is 2.40. The summed E-state index contributed by atoms with van der Waals surface area (Å²) in [5.41, 5.74) is 2.86. The van der Waals surface area contributed by atoms with Gasteiger partial charge in [-0.25, -0.2) is 0 Å². The largest absolute Gasteiger partial charge is 0.454 e. The van der Waals surface area contributed by atoms with Crippen molar-refractivity contribution >= 4 is 29.2 Å². The van der Waals surface area contributed by atoms with E-state index in [1.807, 2.05) is 36.5 Å². The van der Waals surface area contributed by atoms with Crippen LogP contribution in [0.15, 0.2) is 41.4 Å². The number of anilines is 1. The first-order valence-electron chi connectivity index (χ1n) is 8.47. The van der Waals surface area contributed by atoms with Gasteiger partial charge in [-0.1, -0.05) is 17.7 Å². The number of benzene rings is 2. The first-order chi connectivity index (χ1) is 12.2. The van der Waals surface area contributed by atoms with Gasteiger partial charge in [0.2, 0.25) is 0 Å². The third-order valence-electron chi connectivity index (χ3n) is 4.65. The van der Waals surface area contributed by atoms with E-state index in [0.29, 0.717) is 10.8 Å². The molecule has 5 nitrogen and oxygen atoms in total. The van der Waals surface area contributed by atoms with Crippen molar-refractivity contribution in [3.05, 3.63) is 47.0 Å². The monoisotopic (exact) mass is 357 g/mol. The van der Waals surface area contributed by atoms with Gasteiger partial charge in [-0.05, 0) is 30.3 Å². The lowest BCUT2D eigenvalue weighted by Crippen LogP contribution is -2.47. The Balaban J connectivity index is 1.63. The molecule has 2 aromatic rings. The molecule has 130 valence electrons. The molecule has 0 radical (unpaired) electrons. The number of nitrogens with zero attached hydrogens (tertiary/aromatic N) is 3. The van der Waals surface area contributed by atoms with Crippen molar-refractivity contribution in [1.29, 1.82) is 0 Å². The van der Waals surface area contributed by atoms with Crippen LogP contribution >= 0.6 is 11.6 Å². The van der Waals surface area contributed by atoms with Crippen LogP contribution < -0.4 is 9.64 Å². The van der Waals surface area contributed by atoms with Crippen molar-refractivity contribution in [2.75, 3.05) is 44.2 Å². The fourth-order valence-electron chi connectivity index (χ4n) is 3.31. The number of hydrogen-bond donors (Lipinski definition) is 1. The van der Waals surface area contributed by atoms with Gasteiger partial charge in [0.1, 0.15) is 11.4 Å². The van der Waals surface area contributed by atoms with Crippen LogP contribution in [0.1, 0.15) is 5.56 Å². The topological polar surface area (TPSA) is 48.3 Å². The van der Waals surface area contributed by atoms with Gasteiger partial charge in [0.05, 0.1) is 12.2 Å². The Kier molecular flexibility index (Phi) is 4.61. The van der Waals surface area contributed by atoms with E-state index in [1.54, 1.807) is 0 Å². The Labute approximate surface area is 152 Å². The summed E-state index contributed by atoms with van der Waals surface area (Å²) in [5, 5.41) is 9.74. The molecule has 0 saturated carbocycles. The Morgan fingerprint density at radius 2 is 1.92 bits per heavy atom. The molecular formula is C19H20ClN3O2. The van der Waals surface area contributed by atoms with Crippen LogP contribution in [-0.4, -0.2) is 55.6 Å². The van der Waals surface area contributed by atoms with E-state index in [1.165, 1.54) is 0 Å². The van der Waals surface area contributed by atoms with Crippen LogP contribution in [0.4, 0.5) is 11.4 Å². The molecule has 0 spiro atoms. The van der Waals surface area contributed by atoms with Crippen molar-refractivity contribution in [2.24, 2.45) is 4.99 Å². The zero-order valence-electron chi connectivity index (χ0n) is 13.9. The standard InChI is InChI=1S/C19H20ClN3O2/c20-14-4-5-19-16(12-14)21-13-15-17(2-1-3-18(15)25-19)23-8-6-22(7-9-23)10-11-24/h1-5,12-13,24H,6-11H2. The zero-order valence-corrected chi connectivity index (χ0v) is 14.6. The molecule has 0 atom stereocenters. The lowest BCUT2D eigenvalue weighted by Gasteiger charge is -2.36. The normalized spacial score (nSPS) is 16.8. The summed E-state index contributed by atoms with van der Waals surface area (Å²) < 4.78 is 6.09. The minimum absolute atomic E-state index is 0.210. The molecular weight excluding hydrogens is 338 g/mol. The molecule has 2 heterocycles. The molecule has 2 aliphatic rings. The average Bonchev–Trinajstić information content (AvgIpc) is 2.81. The number of rotatable bonds is 3. The van der Waals surface area contributed by atoms with Crippen LogP contribution in [0.5, 0.6) is 11.5 Å². The van der Waals surface area contributed by atoms with Crippen LogP contribution in [-0.2, 0) is 0 Å². The van der Waals surface area contributed by atoms with Crippen molar-refractivity contribution in [1.82, 2.24) is 4.90 Å². The van der Waals surface area contributed by atoms with Crippen molar-refractivity contribution in [3.8, 4) is 11.5 Å². The van der Waals surface area contributed by atoms with Crippen molar-refractivity contribution in [3.63, 3.8) is 0 Å². The minimum Gasteiger partial charge on any atom is -0.454 e. The Morgan fingerprint density at radius 3 is 2.72 bits per heavy atom. The molecule has 1 N–H and O–H groups in total. The predicted molar refractivity (Wildman–Crippen MR) is 101 cm³/mol. The van der Waals surface area contributed by atoms with Gasteiger partial charge >= 0.3 is 0 Å². The van der Waals surface area contributed by atoms with E-state index in [2.05, 4.69) is 20.9 Å². The van der Waals surface area contributed by atoms with E-state index >= 15 is 0 Å². The quantitative estimate of drug-likeness (QED) is 0.781. The molecule has 0 aliphatic carbocycles. The number of aliphatic hydroxyl groups excluding tert-OH is 1. The second-order valence-corrected chi connectivity index (χ2v) is 6.65. The Bertz CT molecular complexity index is 801. The maximum atomic E-state index is 9.10. The highest BCUT2D eigenvalue weighted by molar-refractivity contribution is 6.30. The minimum atomic E-state index is 0.210. The lowest BCUT2D eigenvalue weighted by atomic mass is 10.1. The second-order valence-electron chi connectivity index (χ2n) is 6.21. The summed E-state index contributed by atoms with van der Waals surface area (Å²) in [4.78, 5) is 9.21. The smallest absolute Gasteiger partial charge is 0.153 e. The van der Waals surface area contributed by atoms with Gasteiger partial charge in [-0.2, -0.15) is 0 Å². The zero-order chi connectivity index (χ0) is 17.2. The van der Waals surface area contributed by atoms with Gasteiger partial charge in [0, 0.05) is 49.6 Å². The molecule has 0 bridgehead atoms. The summed E-state index contributed by atoms with van der Waals surface area (Å²) in [6, 6.07) is 11.6. The highest BCUT2D eigenvalue weighted by atomic mass is 35.5. The molecule has 4 rings (SSSR count). The van der Waals surface area contributed by atoms with E-state index < -0.39 is 0 Å². The van der Waals surface area contributed by atoms with E-state index in [-0.39, 0.29) is 6.61 Å². The average molecular weight is 358 g/mol. The molecule has 2 aromatic carbocycles. The van der Waals surface area contributed by atoms with E-state index in [0.717, 1.165) is 55.4 Å².